The largest absolute Gasteiger partial charge is 0.488 e. The van der Waals surface area contributed by atoms with Crippen LogP contribution < -0.4 is 4.74 Å². The van der Waals surface area contributed by atoms with Crippen molar-refractivity contribution in [1.29, 1.82) is 0 Å². The van der Waals surface area contributed by atoms with Gasteiger partial charge in [0.15, 0.2) is 0 Å². The van der Waals surface area contributed by atoms with Gasteiger partial charge in [0.25, 0.3) is 0 Å². The topological polar surface area (TPSA) is 9.23 Å². The lowest BCUT2D eigenvalue weighted by Gasteiger charge is -2.21. The molecule has 1 heterocycles. The molecule has 0 saturated carbocycles. The predicted octanol–water partition coefficient (Wildman–Crippen LogP) is 4.77. The Morgan fingerprint density at radius 2 is 1.95 bits per heavy atom. The van der Waals surface area contributed by atoms with Crippen LogP contribution in [0, 0.1) is 0 Å². The van der Waals surface area contributed by atoms with Crippen LogP contribution in [0.3, 0.4) is 0 Å². The van der Waals surface area contributed by atoms with Crippen molar-refractivity contribution in [3.05, 3.63) is 70.8 Å². The summed E-state index contributed by atoms with van der Waals surface area (Å²) in [4.78, 5) is 0. The van der Waals surface area contributed by atoms with Gasteiger partial charge < -0.3 is 4.74 Å². The van der Waals surface area contributed by atoms with Crippen molar-refractivity contribution >= 4 is 16.8 Å². The Morgan fingerprint density at radius 1 is 1.05 bits per heavy atom. The van der Waals surface area contributed by atoms with Crippen molar-refractivity contribution in [3.8, 4) is 5.75 Å². The first kappa shape index (κ1) is 11.4. The number of rotatable bonds is 0. The van der Waals surface area contributed by atoms with Gasteiger partial charge in [-0.2, -0.15) is 0 Å². The van der Waals surface area contributed by atoms with Gasteiger partial charge in [0.05, 0.1) is 0 Å². The van der Waals surface area contributed by atoms with Crippen LogP contribution in [-0.2, 0) is 6.42 Å². The number of fused-ring (bicyclic) bond motifs is 8. The third-order valence-electron chi connectivity index (χ3n) is 4.96. The monoisotopic (exact) mass is 272 g/mol. The fourth-order valence-electron chi connectivity index (χ4n) is 4.09. The lowest BCUT2D eigenvalue weighted by molar-refractivity contribution is 0.362. The minimum Gasteiger partial charge on any atom is -0.488 e. The molecule has 2 aromatic rings. The Bertz CT molecular complexity index is 852. The van der Waals surface area contributed by atoms with E-state index >= 15 is 0 Å². The number of allylic oxidation sites excluding steroid dienone is 4. The van der Waals surface area contributed by atoms with E-state index in [4.69, 9.17) is 4.74 Å². The minimum absolute atomic E-state index is 0.565. The molecule has 0 saturated heterocycles. The molecule has 2 aliphatic carbocycles. The normalized spacial score (nSPS) is 21.5. The van der Waals surface area contributed by atoms with Crippen molar-refractivity contribution in [1.82, 2.24) is 0 Å². The Kier molecular flexibility index (Phi) is 2.23. The average molecular weight is 272 g/mol. The molecule has 0 amide bonds. The lowest BCUT2D eigenvalue weighted by Crippen LogP contribution is -2.05. The standard InChI is InChI=1S/C20H16O/c1-2-7-14-13(6-1)12-18-17-10-5-11-21-20(17)16-9-4-3-8-15(16)19(14)18/h1-6,8-10,14H,7,11-12H2. The average Bonchev–Trinajstić information content (AvgIpc) is 2.95. The molecule has 1 unspecified atom stereocenters. The summed E-state index contributed by atoms with van der Waals surface area (Å²) in [6, 6.07) is 8.72. The smallest absolute Gasteiger partial charge is 0.135 e. The predicted molar refractivity (Wildman–Crippen MR) is 86.8 cm³/mol. The van der Waals surface area contributed by atoms with Gasteiger partial charge in [-0.15, -0.1) is 0 Å². The van der Waals surface area contributed by atoms with Crippen LogP contribution in [0.5, 0.6) is 5.75 Å². The second kappa shape index (κ2) is 4.11. The lowest BCUT2D eigenvalue weighted by atomic mass is 9.86. The van der Waals surface area contributed by atoms with E-state index in [0.29, 0.717) is 12.5 Å². The zero-order chi connectivity index (χ0) is 13.8. The van der Waals surface area contributed by atoms with Gasteiger partial charge in [0.1, 0.15) is 12.4 Å². The Labute approximate surface area is 124 Å². The van der Waals surface area contributed by atoms with Crippen LogP contribution in [0.4, 0.5) is 0 Å². The first-order valence-corrected chi connectivity index (χ1v) is 7.66. The van der Waals surface area contributed by atoms with Gasteiger partial charge in [0, 0.05) is 16.9 Å². The summed E-state index contributed by atoms with van der Waals surface area (Å²) < 4.78 is 5.99. The first-order valence-electron chi connectivity index (χ1n) is 7.66. The highest BCUT2D eigenvalue weighted by atomic mass is 16.5. The molecule has 1 atom stereocenters. The van der Waals surface area contributed by atoms with E-state index in [0.717, 1.165) is 18.6 Å². The molecule has 0 bridgehead atoms. The maximum absolute atomic E-state index is 5.99. The van der Waals surface area contributed by atoms with Gasteiger partial charge in [-0.05, 0) is 35.4 Å². The molecule has 0 aromatic heterocycles. The van der Waals surface area contributed by atoms with E-state index in [1.54, 1.807) is 5.57 Å². The SMILES string of the molecule is C1=CCC2C(=C1)Cc1c3c(c4ccccc4c12)OCC=C3. The third kappa shape index (κ3) is 1.46. The van der Waals surface area contributed by atoms with Crippen LogP contribution in [0.15, 0.2) is 54.1 Å². The van der Waals surface area contributed by atoms with Gasteiger partial charge in [-0.25, -0.2) is 0 Å². The molecule has 0 fully saturated rings. The fourth-order valence-corrected chi connectivity index (χ4v) is 4.09. The highest BCUT2D eigenvalue weighted by Gasteiger charge is 2.33. The second-order valence-corrected chi connectivity index (χ2v) is 6.03. The highest BCUT2D eigenvalue weighted by Crippen LogP contribution is 2.50. The van der Waals surface area contributed by atoms with Gasteiger partial charge >= 0.3 is 0 Å². The van der Waals surface area contributed by atoms with Crippen LogP contribution >= 0.6 is 0 Å². The maximum atomic E-state index is 5.99. The summed E-state index contributed by atoms with van der Waals surface area (Å²) in [5.74, 6) is 1.65. The van der Waals surface area contributed by atoms with E-state index in [1.165, 1.54) is 27.5 Å². The summed E-state index contributed by atoms with van der Waals surface area (Å²) in [6.07, 6.45) is 13.4. The van der Waals surface area contributed by atoms with E-state index in [-0.39, 0.29) is 0 Å². The summed E-state index contributed by atoms with van der Waals surface area (Å²) in [5, 5.41) is 2.65. The van der Waals surface area contributed by atoms with Gasteiger partial charge in [0.2, 0.25) is 0 Å². The number of ether oxygens (including phenoxy) is 1. The van der Waals surface area contributed by atoms with Crippen LogP contribution in [-0.4, -0.2) is 6.61 Å². The van der Waals surface area contributed by atoms with Gasteiger partial charge in [-0.3, -0.25) is 0 Å². The molecule has 0 N–H and O–H groups in total. The second-order valence-electron chi connectivity index (χ2n) is 6.03. The van der Waals surface area contributed by atoms with Crippen molar-refractivity contribution in [2.75, 3.05) is 6.61 Å². The molecule has 5 rings (SSSR count). The summed E-state index contributed by atoms with van der Waals surface area (Å²) in [5.41, 5.74) is 5.89. The van der Waals surface area contributed by atoms with E-state index in [1.807, 2.05) is 0 Å². The molecule has 2 aromatic carbocycles. The van der Waals surface area contributed by atoms with E-state index in [9.17, 15) is 0 Å². The molecule has 3 aliphatic rings. The minimum atomic E-state index is 0.565. The number of hydrogen-bond acceptors (Lipinski definition) is 1. The van der Waals surface area contributed by atoms with Gasteiger partial charge in [-0.1, -0.05) is 54.1 Å². The Morgan fingerprint density at radius 3 is 2.90 bits per heavy atom. The molecule has 0 radical (unpaired) electrons. The fraction of sp³-hybridized carbons (Fsp3) is 0.200. The van der Waals surface area contributed by atoms with E-state index < -0.39 is 0 Å². The summed E-state index contributed by atoms with van der Waals surface area (Å²) >= 11 is 0. The van der Waals surface area contributed by atoms with Crippen molar-refractivity contribution in [2.24, 2.45) is 0 Å². The Hall–Kier alpha value is -2.28. The molecular weight excluding hydrogens is 256 g/mol. The van der Waals surface area contributed by atoms with Crippen molar-refractivity contribution in [2.45, 2.75) is 18.8 Å². The molecule has 1 heteroatoms. The maximum Gasteiger partial charge on any atom is 0.135 e. The molecular formula is C20H16O. The molecule has 102 valence electrons. The first-order chi connectivity index (χ1) is 10.4. The Balaban J connectivity index is 1.92. The molecule has 1 nitrogen and oxygen atoms in total. The number of benzene rings is 2. The third-order valence-corrected chi connectivity index (χ3v) is 4.96. The molecule has 0 spiro atoms. The zero-order valence-corrected chi connectivity index (χ0v) is 11.8. The highest BCUT2D eigenvalue weighted by molar-refractivity contribution is 5.98. The van der Waals surface area contributed by atoms with Crippen LogP contribution in [0.25, 0.3) is 16.8 Å². The summed E-state index contributed by atoms with van der Waals surface area (Å²) in [6.45, 7) is 0.684. The van der Waals surface area contributed by atoms with Crippen LogP contribution in [0.1, 0.15) is 29.0 Å². The van der Waals surface area contributed by atoms with Crippen molar-refractivity contribution < 1.29 is 4.74 Å². The number of hydrogen-bond donors (Lipinski definition) is 0. The molecule has 21 heavy (non-hydrogen) atoms. The quantitative estimate of drug-likeness (QED) is 0.671. The molecule has 1 aliphatic heterocycles. The van der Waals surface area contributed by atoms with Crippen LogP contribution in [0.2, 0.25) is 0 Å². The van der Waals surface area contributed by atoms with E-state index in [2.05, 4.69) is 54.6 Å². The van der Waals surface area contributed by atoms with Crippen molar-refractivity contribution in [3.63, 3.8) is 0 Å². The summed E-state index contributed by atoms with van der Waals surface area (Å²) in [7, 11) is 0. The zero-order valence-electron chi connectivity index (χ0n) is 11.8.